The Morgan fingerprint density at radius 1 is 1.33 bits per heavy atom. The highest BCUT2D eigenvalue weighted by Gasteiger charge is 2.33. The number of hydrogen-bond acceptors (Lipinski definition) is 4. The minimum Gasteiger partial charge on any atom is -0.442 e. The standard InChI is InChI=1S/C21H28N2O4/c1-13(2)9-16-6-4-5-15-10-17(7-8-19(15)20(16)25)23-12-18(27-21(23)26)11-22-14(3)24/h7-8,10,13,16,18H,4-6,9,11-12H2,1-3H3,(H,22,24)/t16?,18-/m0/s1. The van der Waals surface area contributed by atoms with Gasteiger partial charge >= 0.3 is 6.09 Å². The second kappa shape index (κ2) is 8.11. The molecule has 6 heteroatoms. The van der Waals surface area contributed by atoms with Gasteiger partial charge in [-0.05, 0) is 55.4 Å². The summed E-state index contributed by atoms with van der Waals surface area (Å²) in [4.78, 5) is 37.8. The van der Waals surface area contributed by atoms with Gasteiger partial charge in [-0.15, -0.1) is 0 Å². The predicted octanol–water partition coefficient (Wildman–Crippen LogP) is 3.33. The first kappa shape index (κ1) is 19.4. The van der Waals surface area contributed by atoms with Crippen molar-refractivity contribution in [3.05, 3.63) is 29.3 Å². The lowest BCUT2D eigenvalue weighted by Gasteiger charge is -2.17. The number of amides is 2. The number of carbonyl (C=O) groups is 3. The average molecular weight is 372 g/mol. The molecule has 1 N–H and O–H groups in total. The molecule has 0 bridgehead atoms. The third-order valence-corrected chi connectivity index (χ3v) is 5.24. The number of hydrogen-bond donors (Lipinski definition) is 1. The first-order chi connectivity index (χ1) is 12.8. The van der Waals surface area contributed by atoms with Gasteiger partial charge in [0.2, 0.25) is 5.91 Å². The molecule has 0 radical (unpaired) electrons. The van der Waals surface area contributed by atoms with Crippen molar-refractivity contribution in [2.45, 2.75) is 52.6 Å². The maximum atomic E-state index is 12.9. The molecular formula is C21H28N2O4. The summed E-state index contributed by atoms with van der Waals surface area (Å²) in [5.41, 5.74) is 2.56. The highest BCUT2D eigenvalue weighted by atomic mass is 16.6. The summed E-state index contributed by atoms with van der Waals surface area (Å²) in [7, 11) is 0. The van der Waals surface area contributed by atoms with E-state index < -0.39 is 6.09 Å². The van der Waals surface area contributed by atoms with Gasteiger partial charge in [-0.3, -0.25) is 14.5 Å². The van der Waals surface area contributed by atoms with Gasteiger partial charge in [-0.2, -0.15) is 0 Å². The Hall–Kier alpha value is -2.37. The number of cyclic esters (lactones) is 1. The Balaban J connectivity index is 1.76. The Bertz CT molecular complexity index is 744. The minimum absolute atomic E-state index is 0.0934. The van der Waals surface area contributed by atoms with E-state index >= 15 is 0 Å². The summed E-state index contributed by atoms with van der Waals surface area (Å²) in [5, 5.41) is 2.68. The summed E-state index contributed by atoms with van der Waals surface area (Å²) in [6.45, 7) is 6.43. The van der Waals surface area contributed by atoms with E-state index in [-0.39, 0.29) is 23.7 Å². The molecule has 0 aromatic heterocycles. The lowest BCUT2D eigenvalue weighted by atomic mass is 9.88. The first-order valence-electron chi connectivity index (χ1n) is 9.75. The van der Waals surface area contributed by atoms with Crippen molar-refractivity contribution in [3.63, 3.8) is 0 Å². The Morgan fingerprint density at radius 2 is 2.11 bits per heavy atom. The van der Waals surface area contributed by atoms with Crippen LogP contribution in [-0.2, 0) is 16.0 Å². The smallest absolute Gasteiger partial charge is 0.414 e. The van der Waals surface area contributed by atoms with Gasteiger partial charge in [0.05, 0.1) is 13.1 Å². The number of benzene rings is 1. The number of Topliss-reactive ketones (excluding diaryl/α,β-unsaturated/α-hetero) is 1. The zero-order chi connectivity index (χ0) is 19.6. The maximum absolute atomic E-state index is 12.9. The number of rotatable bonds is 5. The van der Waals surface area contributed by atoms with Crippen molar-refractivity contribution in [2.24, 2.45) is 11.8 Å². The van der Waals surface area contributed by atoms with E-state index in [0.717, 1.165) is 42.5 Å². The van der Waals surface area contributed by atoms with Gasteiger partial charge in [-0.1, -0.05) is 13.8 Å². The highest BCUT2D eigenvalue weighted by molar-refractivity contribution is 6.00. The minimum atomic E-state index is -0.414. The van der Waals surface area contributed by atoms with Gasteiger partial charge < -0.3 is 10.1 Å². The highest BCUT2D eigenvalue weighted by Crippen LogP contribution is 2.32. The van der Waals surface area contributed by atoms with Crippen molar-refractivity contribution in [2.75, 3.05) is 18.0 Å². The van der Waals surface area contributed by atoms with E-state index in [1.165, 1.54) is 6.92 Å². The van der Waals surface area contributed by atoms with E-state index in [9.17, 15) is 14.4 Å². The molecule has 27 heavy (non-hydrogen) atoms. The van der Waals surface area contributed by atoms with Crippen molar-refractivity contribution in [3.8, 4) is 0 Å². The summed E-state index contributed by atoms with van der Waals surface area (Å²) in [5.74, 6) is 0.676. The van der Waals surface area contributed by atoms with Crippen LogP contribution in [0.3, 0.4) is 0 Å². The molecule has 1 heterocycles. The summed E-state index contributed by atoms with van der Waals surface area (Å²) < 4.78 is 5.33. The first-order valence-corrected chi connectivity index (χ1v) is 9.75. The number of nitrogens with one attached hydrogen (secondary N) is 1. The molecule has 1 unspecified atom stereocenters. The molecule has 1 aliphatic heterocycles. The van der Waals surface area contributed by atoms with Gasteiger partial charge in [-0.25, -0.2) is 4.79 Å². The zero-order valence-electron chi connectivity index (χ0n) is 16.3. The van der Waals surface area contributed by atoms with Crippen LogP contribution in [0.5, 0.6) is 0 Å². The molecule has 1 aromatic carbocycles. The van der Waals surface area contributed by atoms with Crippen LogP contribution in [0.25, 0.3) is 0 Å². The molecule has 1 saturated heterocycles. The topological polar surface area (TPSA) is 75.7 Å². The number of carbonyl (C=O) groups excluding carboxylic acids is 3. The van der Waals surface area contributed by atoms with Crippen LogP contribution in [0.4, 0.5) is 10.5 Å². The SMILES string of the molecule is CC(=O)NC[C@H]1CN(c2ccc3c(c2)CCCC(CC(C)C)C3=O)C(=O)O1. The van der Waals surface area contributed by atoms with Crippen LogP contribution >= 0.6 is 0 Å². The van der Waals surface area contributed by atoms with Crippen molar-refractivity contribution >= 4 is 23.5 Å². The molecule has 3 rings (SSSR count). The molecule has 6 nitrogen and oxygen atoms in total. The normalized spacial score (nSPS) is 22.4. The molecule has 1 fully saturated rings. The quantitative estimate of drug-likeness (QED) is 0.805. The second-order valence-electron chi connectivity index (χ2n) is 7.98. The molecule has 2 atom stereocenters. The third-order valence-electron chi connectivity index (χ3n) is 5.24. The van der Waals surface area contributed by atoms with Gasteiger partial charge in [0, 0.05) is 24.1 Å². The average Bonchev–Trinajstić information content (AvgIpc) is 2.91. The van der Waals surface area contributed by atoms with Crippen LogP contribution < -0.4 is 10.2 Å². The Morgan fingerprint density at radius 3 is 2.81 bits per heavy atom. The van der Waals surface area contributed by atoms with Crippen LogP contribution in [0.1, 0.15) is 56.0 Å². The molecule has 0 saturated carbocycles. The number of fused-ring (bicyclic) bond motifs is 1. The largest absolute Gasteiger partial charge is 0.442 e. The maximum Gasteiger partial charge on any atom is 0.414 e. The summed E-state index contributed by atoms with van der Waals surface area (Å²) in [6, 6.07) is 5.64. The Kier molecular flexibility index (Phi) is 5.82. The third kappa shape index (κ3) is 4.49. The summed E-state index contributed by atoms with van der Waals surface area (Å²) >= 11 is 0. The van der Waals surface area contributed by atoms with Gasteiger partial charge in [0.1, 0.15) is 6.10 Å². The van der Waals surface area contributed by atoms with Crippen molar-refractivity contribution in [1.82, 2.24) is 5.32 Å². The molecule has 1 aliphatic carbocycles. The zero-order valence-corrected chi connectivity index (χ0v) is 16.3. The molecular weight excluding hydrogens is 344 g/mol. The fourth-order valence-corrected chi connectivity index (χ4v) is 3.98. The number of anilines is 1. The molecule has 2 amide bonds. The van der Waals surface area contributed by atoms with Crippen LogP contribution in [0.2, 0.25) is 0 Å². The van der Waals surface area contributed by atoms with E-state index in [2.05, 4.69) is 19.2 Å². The summed E-state index contributed by atoms with van der Waals surface area (Å²) in [6.07, 6.45) is 2.89. The molecule has 2 aliphatic rings. The van der Waals surface area contributed by atoms with Crippen LogP contribution in [0.15, 0.2) is 18.2 Å². The molecule has 0 spiro atoms. The number of nitrogens with zero attached hydrogens (tertiary/aromatic N) is 1. The van der Waals surface area contributed by atoms with Crippen LogP contribution in [0, 0.1) is 11.8 Å². The van der Waals surface area contributed by atoms with Crippen molar-refractivity contribution in [1.29, 1.82) is 0 Å². The van der Waals surface area contributed by atoms with Crippen molar-refractivity contribution < 1.29 is 19.1 Å². The lowest BCUT2D eigenvalue weighted by Crippen LogP contribution is -2.33. The predicted molar refractivity (Wildman–Crippen MR) is 103 cm³/mol. The number of ketones is 1. The fourth-order valence-electron chi connectivity index (χ4n) is 3.98. The fraction of sp³-hybridized carbons (Fsp3) is 0.571. The molecule has 1 aromatic rings. The van der Waals surface area contributed by atoms with Gasteiger partial charge in [0.25, 0.3) is 0 Å². The van der Waals surface area contributed by atoms with Crippen LogP contribution in [-0.4, -0.2) is 37.0 Å². The molecule has 146 valence electrons. The van der Waals surface area contributed by atoms with E-state index in [4.69, 9.17) is 4.74 Å². The van der Waals surface area contributed by atoms with E-state index in [1.54, 1.807) is 4.90 Å². The van der Waals surface area contributed by atoms with E-state index in [1.807, 2.05) is 18.2 Å². The lowest BCUT2D eigenvalue weighted by molar-refractivity contribution is -0.119. The van der Waals surface area contributed by atoms with Gasteiger partial charge in [0.15, 0.2) is 5.78 Å². The number of aryl methyl sites for hydroxylation is 1. The Labute approximate surface area is 160 Å². The monoisotopic (exact) mass is 372 g/mol. The second-order valence-corrected chi connectivity index (χ2v) is 7.98. The number of ether oxygens (including phenoxy) is 1. The van der Waals surface area contributed by atoms with E-state index in [0.29, 0.717) is 19.0 Å².